The highest BCUT2D eigenvalue weighted by molar-refractivity contribution is 7.85. The van der Waals surface area contributed by atoms with E-state index >= 15 is 0 Å². The Balaban J connectivity index is 2.33. The van der Waals surface area contributed by atoms with Crippen LogP contribution >= 0.6 is 0 Å². The molecular formula is C15H14O3S. The molecule has 0 aliphatic rings. The molecule has 98 valence electrons. The van der Waals surface area contributed by atoms with Crippen molar-refractivity contribution < 1.29 is 14.1 Å². The Bertz CT molecular complexity index is 566. The van der Waals surface area contributed by atoms with Gasteiger partial charge in [0.1, 0.15) is 0 Å². The van der Waals surface area contributed by atoms with Crippen LogP contribution in [0.2, 0.25) is 0 Å². The number of hydrogen-bond donors (Lipinski definition) is 1. The molecule has 0 aromatic heterocycles. The third kappa shape index (κ3) is 3.51. The van der Waals surface area contributed by atoms with Crippen LogP contribution in [0.15, 0.2) is 65.6 Å². The minimum atomic E-state index is -1.37. The highest BCUT2D eigenvalue weighted by atomic mass is 32.2. The van der Waals surface area contributed by atoms with Gasteiger partial charge in [0.2, 0.25) is 0 Å². The highest BCUT2D eigenvalue weighted by Crippen LogP contribution is 2.28. The monoisotopic (exact) mass is 274 g/mol. The SMILES string of the molecule is O=C(O)C[C@@H](c1ccccc1)[S@](=O)c1ccccc1. The molecule has 0 saturated carbocycles. The zero-order chi connectivity index (χ0) is 13.7. The van der Waals surface area contributed by atoms with Crippen molar-refractivity contribution in [2.24, 2.45) is 0 Å². The van der Waals surface area contributed by atoms with E-state index in [4.69, 9.17) is 5.11 Å². The molecule has 2 atom stereocenters. The molecule has 2 aromatic rings. The van der Waals surface area contributed by atoms with Gasteiger partial charge in [-0.3, -0.25) is 9.00 Å². The van der Waals surface area contributed by atoms with Crippen molar-refractivity contribution in [1.29, 1.82) is 0 Å². The van der Waals surface area contributed by atoms with Crippen molar-refractivity contribution in [2.45, 2.75) is 16.6 Å². The largest absolute Gasteiger partial charge is 0.481 e. The second kappa shape index (κ2) is 6.29. The van der Waals surface area contributed by atoms with Gasteiger partial charge in [-0.15, -0.1) is 0 Å². The van der Waals surface area contributed by atoms with Crippen LogP contribution in [0.5, 0.6) is 0 Å². The molecular weight excluding hydrogens is 260 g/mol. The van der Waals surface area contributed by atoms with Gasteiger partial charge in [-0.1, -0.05) is 48.5 Å². The zero-order valence-electron chi connectivity index (χ0n) is 10.2. The first-order chi connectivity index (χ1) is 9.18. The van der Waals surface area contributed by atoms with Gasteiger partial charge < -0.3 is 5.11 Å². The maximum atomic E-state index is 12.5. The molecule has 0 heterocycles. The van der Waals surface area contributed by atoms with Crippen molar-refractivity contribution >= 4 is 16.8 Å². The number of hydrogen-bond acceptors (Lipinski definition) is 2. The topological polar surface area (TPSA) is 54.4 Å². The van der Waals surface area contributed by atoms with Gasteiger partial charge in [-0.25, -0.2) is 0 Å². The fourth-order valence-electron chi connectivity index (χ4n) is 1.86. The Hall–Kier alpha value is -1.94. The molecule has 0 unspecified atom stereocenters. The molecule has 3 nitrogen and oxygen atoms in total. The van der Waals surface area contributed by atoms with Crippen molar-refractivity contribution in [1.82, 2.24) is 0 Å². The highest BCUT2D eigenvalue weighted by Gasteiger charge is 2.23. The van der Waals surface area contributed by atoms with Crippen LogP contribution in [0.25, 0.3) is 0 Å². The summed E-state index contributed by atoms with van der Waals surface area (Å²) in [6, 6.07) is 18.1. The third-order valence-corrected chi connectivity index (χ3v) is 4.46. The minimum Gasteiger partial charge on any atom is -0.481 e. The molecule has 0 saturated heterocycles. The van der Waals surface area contributed by atoms with Crippen LogP contribution in [0.1, 0.15) is 17.2 Å². The van der Waals surface area contributed by atoms with E-state index in [0.717, 1.165) is 5.56 Å². The molecule has 0 bridgehead atoms. The average Bonchev–Trinajstić information content (AvgIpc) is 2.46. The second-order valence-corrected chi connectivity index (χ2v) is 5.74. The quantitative estimate of drug-likeness (QED) is 0.911. The zero-order valence-corrected chi connectivity index (χ0v) is 11.0. The van der Waals surface area contributed by atoms with Crippen molar-refractivity contribution in [3.63, 3.8) is 0 Å². The minimum absolute atomic E-state index is 0.147. The first kappa shape index (κ1) is 13.5. The van der Waals surface area contributed by atoms with Gasteiger partial charge in [-0.05, 0) is 17.7 Å². The Morgan fingerprint density at radius 1 is 1.00 bits per heavy atom. The Morgan fingerprint density at radius 3 is 2.05 bits per heavy atom. The third-order valence-electron chi connectivity index (χ3n) is 2.77. The van der Waals surface area contributed by atoms with Crippen molar-refractivity contribution in [3.05, 3.63) is 66.2 Å². The van der Waals surface area contributed by atoms with E-state index in [1.165, 1.54) is 0 Å². The summed E-state index contributed by atoms with van der Waals surface area (Å²) in [5, 5.41) is 8.48. The summed E-state index contributed by atoms with van der Waals surface area (Å²) in [5.74, 6) is -0.946. The summed E-state index contributed by atoms with van der Waals surface area (Å²) >= 11 is 0. The predicted molar refractivity (Wildman–Crippen MR) is 74.3 cm³/mol. The summed E-state index contributed by atoms with van der Waals surface area (Å²) in [6.07, 6.45) is -0.147. The van der Waals surface area contributed by atoms with E-state index < -0.39 is 22.0 Å². The number of carbonyl (C=O) groups is 1. The summed E-state index contributed by atoms with van der Waals surface area (Å²) in [6.45, 7) is 0. The molecule has 0 aliphatic heterocycles. The lowest BCUT2D eigenvalue weighted by molar-refractivity contribution is -0.137. The lowest BCUT2D eigenvalue weighted by Gasteiger charge is -2.15. The van der Waals surface area contributed by atoms with Crippen molar-refractivity contribution in [3.8, 4) is 0 Å². The fourth-order valence-corrected chi connectivity index (χ4v) is 3.31. The fraction of sp³-hybridized carbons (Fsp3) is 0.133. The van der Waals surface area contributed by atoms with Gasteiger partial charge in [0.05, 0.1) is 22.5 Å². The first-order valence-electron chi connectivity index (χ1n) is 5.91. The number of benzene rings is 2. The van der Waals surface area contributed by atoms with E-state index in [1.807, 2.05) is 36.4 Å². The first-order valence-corrected chi connectivity index (χ1v) is 7.12. The Morgan fingerprint density at radius 2 is 1.53 bits per heavy atom. The van der Waals surface area contributed by atoms with Crippen LogP contribution in [-0.4, -0.2) is 15.3 Å². The molecule has 4 heteroatoms. The summed E-state index contributed by atoms with van der Waals surface area (Å²) < 4.78 is 12.5. The molecule has 19 heavy (non-hydrogen) atoms. The van der Waals surface area contributed by atoms with Crippen LogP contribution in [0, 0.1) is 0 Å². The van der Waals surface area contributed by atoms with Crippen LogP contribution in [-0.2, 0) is 15.6 Å². The van der Waals surface area contributed by atoms with E-state index in [-0.39, 0.29) is 6.42 Å². The van der Waals surface area contributed by atoms with Gasteiger partial charge in [-0.2, -0.15) is 0 Å². The van der Waals surface area contributed by atoms with Gasteiger partial charge in [0, 0.05) is 4.90 Å². The molecule has 2 rings (SSSR count). The van der Waals surface area contributed by atoms with Gasteiger partial charge in [0.25, 0.3) is 0 Å². The van der Waals surface area contributed by atoms with E-state index in [0.29, 0.717) is 4.90 Å². The summed E-state index contributed by atoms with van der Waals surface area (Å²) in [5.41, 5.74) is 0.784. The van der Waals surface area contributed by atoms with Crippen LogP contribution in [0.4, 0.5) is 0 Å². The predicted octanol–water partition coefficient (Wildman–Crippen LogP) is 3.01. The summed E-state index contributed by atoms with van der Waals surface area (Å²) in [7, 11) is -1.37. The Kier molecular flexibility index (Phi) is 4.47. The van der Waals surface area contributed by atoms with E-state index in [9.17, 15) is 9.00 Å². The summed E-state index contributed by atoms with van der Waals surface area (Å²) in [4.78, 5) is 11.6. The normalized spacial score (nSPS) is 13.7. The van der Waals surface area contributed by atoms with Gasteiger partial charge in [0.15, 0.2) is 0 Å². The standard InChI is InChI=1S/C15H14O3S/c16-15(17)11-14(12-7-3-1-4-8-12)19(18)13-9-5-2-6-10-13/h1-10,14H,11H2,(H,16,17)/t14-,19+/m0/s1. The van der Waals surface area contributed by atoms with Gasteiger partial charge >= 0.3 is 5.97 Å². The maximum absolute atomic E-state index is 12.5. The number of rotatable bonds is 5. The smallest absolute Gasteiger partial charge is 0.304 e. The molecule has 0 amide bonds. The molecule has 0 fully saturated rings. The number of carboxylic acid groups (broad SMARTS) is 1. The van der Waals surface area contributed by atoms with E-state index in [1.54, 1.807) is 24.3 Å². The Labute approximate surface area is 114 Å². The average molecular weight is 274 g/mol. The lowest BCUT2D eigenvalue weighted by Crippen LogP contribution is -2.12. The second-order valence-electron chi connectivity index (χ2n) is 4.11. The molecule has 0 aliphatic carbocycles. The molecule has 1 N–H and O–H groups in total. The molecule has 2 aromatic carbocycles. The maximum Gasteiger partial charge on any atom is 0.304 e. The van der Waals surface area contributed by atoms with Crippen LogP contribution in [0.3, 0.4) is 0 Å². The van der Waals surface area contributed by atoms with Crippen LogP contribution < -0.4 is 0 Å². The molecule has 0 radical (unpaired) electrons. The number of carboxylic acids is 1. The van der Waals surface area contributed by atoms with E-state index in [2.05, 4.69) is 0 Å². The lowest BCUT2D eigenvalue weighted by atomic mass is 10.1. The van der Waals surface area contributed by atoms with Crippen molar-refractivity contribution in [2.75, 3.05) is 0 Å². The number of aliphatic carboxylic acids is 1. The molecule has 0 spiro atoms.